The summed E-state index contributed by atoms with van der Waals surface area (Å²) in [5.74, 6) is 0.516. The van der Waals surface area contributed by atoms with E-state index < -0.39 is 18.1 Å². The van der Waals surface area contributed by atoms with E-state index in [1.165, 1.54) is 30.7 Å². The van der Waals surface area contributed by atoms with Crippen molar-refractivity contribution in [3.05, 3.63) is 96.6 Å². The third-order valence-electron chi connectivity index (χ3n) is 8.12. The first-order valence-electron chi connectivity index (χ1n) is 16.1. The fourth-order valence-corrected chi connectivity index (χ4v) is 5.47. The average Bonchev–Trinajstić information content (AvgIpc) is 3.08. The van der Waals surface area contributed by atoms with E-state index in [0.717, 1.165) is 30.0 Å². The minimum Gasteiger partial charge on any atom is -0.460 e. The molecule has 1 aliphatic carbocycles. The first-order chi connectivity index (χ1) is 23.1. The topological polar surface area (TPSA) is 124 Å². The molecule has 3 unspecified atom stereocenters. The molecule has 48 heavy (non-hydrogen) atoms. The van der Waals surface area contributed by atoms with E-state index in [0.29, 0.717) is 29.1 Å². The Labute approximate surface area is 280 Å². The summed E-state index contributed by atoms with van der Waals surface area (Å²) in [6.07, 6.45) is 3.22. The second-order valence-corrected chi connectivity index (χ2v) is 12.0. The van der Waals surface area contributed by atoms with Gasteiger partial charge in [0.1, 0.15) is 30.8 Å². The van der Waals surface area contributed by atoms with Crippen molar-refractivity contribution in [1.82, 2.24) is 0 Å². The smallest absolute Gasteiger partial charge is 0.460 e. The molecule has 3 aromatic rings. The van der Waals surface area contributed by atoms with Crippen LogP contribution in [0.5, 0.6) is 11.5 Å². The lowest BCUT2D eigenvalue weighted by Gasteiger charge is -2.36. The molecule has 0 radical (unpaired) electrons. The maximum Gasteiger partial charge on any atom is 0.513 e. The zero-order valence-electron chi connectivity index (χ0n) is 27.6. The SMILES string of the molecule is C=CC(=O)OCCOCCOC(=O)Oc1ccc(C(=O)Oc2ccc(-c3ccc(C(=O)OC4CC(C)CCC4C(C)C)cc3)cc2)cc1. The predicted octanol–water partition coefficient (Wildman–Crippen LogP) is 7.45. The van der Waals surface area contributed by atoms with Crippen LogP contribution in [0.4, 0.5) is 4.79 Å². The zero-order valence-corrected chi connectivity index (χ0v) is 27.6. The lowest BCUT2D eigenvalue weighted by Crippen LogP contribution is -2.35. The molecule has 4 rings (SSSR count). The molecular weight excluding hydrogens is 616 g/mol. The largest absolute Gasteiger partial charge is 0.513 e. The molecule has 0 heterocycles. The van der Waals surface area contributed by atoms with Gasteiger partial charge in [-0.1, -0.05) is 58.0 Å². The number of hydrogen-bond acceptors (Lipinski definition) is 10. The van der Waals surface area contributed by atoms with Crippen molar-refractivity contribution in [2.45, 2.75) is 46.1 Å². The first kappa shape index (κ1) is 35.9. The molecule has 3 atom stereocenters. The third kappa shape index (κ3) is 10.8. The van der Waals surface area contributed by atoms with Crippen LogP contribution in [-0.4, -0.2) is 56.6 Å². The summed E-state index contributed by atoms with van der Waals surface area (Å²) in [4.78, 5) is 48.4. The lowest BCUT2D eigenvalue weighted by atomic mass is 9.75. The summed E-state index contributed by atoms with van der Waals surface area (Å²) in [7, 11) is 0. The standard InChI is InChI=1S/C38H42O10/c1-5-35(39)44-22-20-43-21-23-45-38(42)47-32-17-13-30(14-18-32)36(40)46-31-15-11-28(12-16-31)27-7-9-29(10-8-27)37(41)48-34-24-26(4)6-19-33(34)25(2)3/h5,7-18,25-26,33-34H,1,6,19-24H2,2-4H3. The summed E-state index contributed by atoms with van der Waals surface area (Å²) >= 11 is 0. The van der Waals surface area contributed by atoms with Gasteiger partial charge in [-0.2, -0.15) is 0 Å². The molecule has 1 aliphatic rings. The number of rotatable bonds is 14. The lowest BCUT2D eigenvalue weighted by molar-refractivity contribution is -0.139. The first-order valence-corrected chi connectivity index (χ1v) is 16.1. The van der Waals surface area contributed by atoms with Crippen LogP contribution in [0.25, 0.3) is 11.1 Å². The van der Waals surface area contributed by atoms with Gasteiger partial charge in [0.05, 0.1) is 24.3 Å². The second-order valence-electron chi connectivity index (χ2n) is 12.0. The number of esters is 3. The van der Waals surface area contributed by atoms with Crippen molar-refractivity contribution >= 4 is 24.1 Å². The Morgan fingerprint density at radius 3 is 1.90 bits per heavy atom. The highest BCUT2D eigenvalue weighted by Gasteiger charge is 2.33. The van der Waals surface area contributed by atoms with Crippen LogP contribution in [0, 0.1) is 17.8 Å². The molecule has 1 fully saturated rings. The number of carbonyl (C=O) groups is 4. The van der Waals surface area contributed by atoms with Crippen LogP contribution < -0.4 is 9.47 Å². The molecule has 0 spiro atoms. The Balaban J connectivity index is 1.21. The minimum absolute atomic E-state index is 0.0571. The Kier molecular flexibility index (Phi) is 13.3. The Bertz CT molecular complexity index is 1530. The Morgan fingerprint density at radius 2 is 1.27 bits per heavy atom. The van der Waals surface area contributed by atoms with Gasteiger partial charge in [0.2, 0.25) is 0 Å². The van der Waals surface area contributed by atoms with Crippen molar-refractivity contribution < 1.29 is 47.6 Å². The maximum atomic E-state index is 12.9. The Hall–Kier alpha value is -4.96. The number of ether oxygens (including phenoxy) is 6. The van der Waals surface area contributed by atoms with Crippen molar-refractivity contribution in [2.24, 2.45) is 17.8 Å². The monoisotopic (exact) mass is 658 g/mol. The molecular formula is C38H42O10. The van der Waals surface area contributed by atoms with Crippen LogP contribution in [-0.2, 0) is 23.7 Å². The molecule has 10 heteroatoms. The predicted molar refractivity (Wildman–Crippen MR) is 178 cm³/mol. The van der Waals surface area contributed by atoms with E-state index in [1.54, 1.807) is 24.3 Å². The van der Waals surface area contributed by atoms with Gasteiger partial charge in [-0.25, -0.2) is 19.2 Å². The van der Waals surface area contributed by atoms with E-state index in [9.17, 15) is 19.2 Å². The maximum absolute atomic E-state index is 12.9. The van der Waals surface area contributed by atoms with Gasteiger partial charge >= 0.3 is 24.1 Å². The average molecular weight is 659 g/mol. The third-order valence-corrected chi connectivity index (χ3v) is 8.12. The van der Waals surface area contributed by atoms with Gasteiger partial charge in [-0.15, -0.1) is 0 Å². The van der Waals surface area contributed by atoms with Crippen LogP contribution in [0.1, 0.15) is 60.7 Å². The van der Waals surface area contributed by atoms with Gasteiger partial charge in [-0.3, -0.25) is 0 Å². The second kappa shape index (κ2) is 17.8. The van der Waals surface area contributed by atoms with E-state index in [1.807, 2.05) is 24.3 Å². The van der Waals surface area contributed by atoms with Gasteiger partial charge in [-0.05, 0) is 90.3 Å². The normalized spacial score (nSPS) is 17.2. The van der Waals surface area contributed by atoms with Crippen molar-refractivity contribution in [2.75, 3.05) is 26.4 Å². The zero-order chi connectivity index (χ0) is 34.5. The molecule has 0 saturated heterocycles. The minimum atomic E-state index is -0.935. The molecule has 0 aromatic heterocycles. The van der Waals surface area contributed by atoms with Crippen molar-refractivity contribution in [3.63, 3.8) is 0 Å². The quantitative estimate of drug-likeness (QED) is 0.0431. The summed E-state index contributed by atoms with van der Waals surface area (Å²) in [6, 6.07) is 20.2. The van der Waals surface area contributed by atoms with Gasteiger partial charge in [0, 0.05) is 6.08 Å². The molecule has 3 aromatic carbocycles. The molecule has 1 saturated carbocycles. The number of benzene rings is 3. The summed E-state index contributed by atoms with van der Waals surface area (Å²) in [5, 5.41) is 0. The summed E-state index contributed by atoms with van der Waals surface area (Å²) < 4.78 is 31.4. The van der Waals surface area contributed by atoms with Gasteiger partial charge < -0.3 is 28.4 Å². The van der Waals surface area contributed by atoms with Crippen molar-refractivity contribution in [1.29, 1.82) is 0 Å². The molecule has 254 valence electrons. The van der Waals surface area contributed by atoms with E-state index in [4.69, 9.17) is 28.4 Å². The molecule has 0 N–H and O–H groups in total. The van der Waals surface area contributed by atoms with E-state index in [2.05, 4.69) is 27.4 Å². The highest BCUT2D eigenvalue weighted by atomic mass is 16.7. The highest BCUT2D eigenvalue weighted by Crippen LogP contribution is 2.36. The van der Waals surface area contributed by atoms with Crippen LogP contribution in [0.15, 0.2) is 85.5 Å². The molecule has 0 amide bonds. The summed E-state index contributed by atoms with van der Waals surface area (Å²) in [6.45, 7) is 10.1. The summed E-state index contributed by atoms with van der Waals surface area (Å²) in [5.41, 5.74) is 2.58. The van der Waals surface area contributed by atoms with Crippen LogP contribution >= 0.6 is 0 Å². The van der Waals surface area contributed by atoms with E-state index in [-0.39, 0.29) is 49.8 Å². The van der Waals surface area contributed by atoms with Gasteiger partial charge in [0.25, 0.3) is 0 Å². The number of hydrogen-bond donors (Lipinski definition) is 0. The van der Waals surface area contributed by atoms with Crippen LogP contribution in [0.3, 0.4) is 0 Å². The van der Waals surface area contributed by atoms with E-state index >= 15 is 0 Å². The number of carbonyl (C=O) groups excluding carboxylic acids is 4. The molecule has 0 aliphatic heterocycles. The van der Waals surface area contributed by atoms with Crippen molar-refractivity contribution in [3.8, 4) is 22.6 Å². The molecule has 0 bridgehead atoms. The highest BCUT2D eigenvalue weighted by molar-refractivity contribution is 5.91. The van der Waals surface area contributed by atoms with Crippen LogP contribution in [0.2, 0.25) is 0 Å². The Morgan fingerprint density at radius 1 is 0.729 bits per heavy atom. The van der Waals surface area contributed by atoms with Gasteiger partial charge in [0.15, 0.2) is 0 Å². The molecule has 10 nitrogen and oxygen atoms in total. The fraction of sp³-hybridized carbons (Fsp3) is 0.368. The fourth-order valence-electron chi connectivity index (χ4n) is 5.47.